The van der Waals surface area contributed by atoms with Crippen molar-refractivity contribution in [3.63, 3.8) is 0 Å². The number of benzene rings is 1. The van der Waals surface area contributed by atoms with Crippen LogP contribution in [-0.2, 0) is 11.3 Å². The normalized spacial score (nSPS) is 18.9. The Kier molecular flexibility index (Phi) is 5.79. The van der Waals surface area contributed by atoms with E-state index in [1.807, 2.05) is 16.7 Å². The van der Waals surface area contributed by atoms with Crippen molar-refractivity contribution in [3.8, 4) is 11.5 Å². The highest BCUT2D eigenvalue weighted by atomic mass is 79.9. The molecule has 1 saturated carbocycles. The molecule has 0 radical (unpaired) electrons. The van der Waals surface area contributed by atoms with Crippen LogP contribution in [-0.4, -0.2) is 50.2 Å². The number of amides is 1. The van der Waals surface area contributed by atoms with Gasteiger partial charge in [-0.1, -0.05) is 18.7 Å². The van der Waals surface area contributed by atoms with Crippen LogP contribution in [0, 0.1) is 16.7 Å². The number of likely N-dealkylation sites (tertiary alicyclic amines) is 1. The molecule has 3 aromatic rings. The van der Waals surface area contributed by atoms with Crippen molar-refractivity contribution in [3.05, 3.63) is 28.4 Å². The second-order valence-electron chi connectivity index (χ2n) is 9.85. The fourth-order valence-corrected chi connectivity index (χ4v) is 6.17. The fourth-order valence-electron chi connectivity index (χ4n) is 4.78. The number of hydrogen-bond acceptors (Lipinski definition) is 7. The van der Waals surface area contributed by atoms with Crippen molar-refractivity contribution in [2.75, 3.05) is 19.9 Å². The van der Waals surface area contributed by atoms with Crippen LogP contribution < -0.4 is 15.0 Å². The van der Waals surface area contributed by atoms with Gasteiger partial charge in [0.15, 0.2) is 27.8 Å². The van der Waals surface area contributed by atoms with Crippen molar-refractivity contribution in [1.29, 1.82) is 5.41 Å². The lowest BCUT2D eigenvalue weighted by molar-refractivity contribution is -0.137. The Morgan fingerprint density at radius 1 is 1.29 bits per heavy atom. The maximum atomic E-state index is 12.6. The van der Waals surface area contributed by atoms with Crippen LogP contribution in [0.2, 0.25) is 0 Å². The summed E-state index contributed by atoms with van der Waals surface area (Å²) in [6.45, 7) is 4.81. The number of aromatic amines is 1. The molecule has 35 heavy (non-hydrogen) atoms. The van der Waals surface area contributed by atoms with Gasteiger partial charge in [-0.05, 0) is 66.1 Å². The van der Waals surface area contributed by atoms with E-state index in [9.17, 15) is 4.79 Å². The highest BCUT2D eigenvalue weighted by Crippen LogP contribution is 2.47. The maximum absolute atomic E-state index is 12.6. The molecule has 1 aliphatic carbocycles. The van der Waals surface area contributed by atoms with Gasteiger partial charge in [0, 0.05) is 34.4 Å². The minimum Gasteiger partial charge on any atom is -0.454 e. The van der Waals surface area contributed by atoms with Crippen LogP contribution in [0.1, 0.15) is 39.0 Å². The molecular formula is C24H27BrN6O3S. The van der Waals surface area contributed by atoms with Gasteiger partial charge in [0.25, 0.3) is 0 Å². The number of piperidine rings is 1. The number of fused-ring (bicyclic) bond motifs is 2. The fraction of sp³-hybridized carbons (Fsp3) is 0.500. The Hall–Kier alpha value is -2.53. The van der Waals surface area contributed by atoms with E-state index in [2.05, 4.69) is 37.7 Å². The highest BCUT2D eigenvalue weighted by molar-refractivity contribution is 9.10. The SMILES string of the molecule is CC1(C(=O)N2CCC(CCn3cnc(=N)c4[nH]c(Sc5cc6c(cc5Br)OCO6)nc43)CC2)CC1. The summed E-state index contributed by atoms with van der Waals surface area (Å²) < 4.78 is 13.9. The van der Waals surface area contributed by atoms with E-state index < -0.39 is 0 Å². The summed E-state index contributed by atoms with van der Waals surface area (Å²) in [6, 6.07) is 3.83. The molecule has 2 aromatic heterocycles. The molecule has 9 nitrogen and oxygen atoms in total. The number of aryl methyl sites for hydroxylation is 1. The quantitative estimate of drug-likeness (QED) is 0.466. The first-order chi connectivity index (χ1) is 16.9. The van der Waals surface area contributed by atoms with E-state index in [-0.39, 0.29) is 17.7 Å². The Labute approximate surface area is 215 Å². The third kappa shape index (κ3) is 4.44. The summed E-state index contributed by atoms with van der Waals surface area (Å²) >= 11 is 5.07. The van der Waals surface area contributed by atoms with Crippen molar-refractivity contribution < 1.29 is 14.3 Å². The molecule has 2 aliphatic heterocycles. The molecule has 1 saturated heterocycles. The Balaban J connectivity index is 1.14. The first-order valence-corrected chi connectivity index (χ1v) is 13.6. The number of hydrogen-bond donors (Lipinski definition) is 2. The molecular weight excluding hydrogens is 532 g/mol. The number of nitrogens with zero attached hydrogens (tertiary/aromatic N) is 4. The van der Waals surface area contributed by atoms with Crippen LogP contribution in [0.25, 0.3) is 11.2 Å². The van der Waals surface area contributed by atoms with Crippen molar-refractivity contribution >= 4 is 44.8 Å². The van der Waals surface area contributed by atoms with Gasteiger partial charge < -0.3 is 23.9 Å². The Morgan fingerprint density at radius 2 is 2.03 bits per heavy atom. The molecule has 1 aromatic carbocycles. The van der Waals surface area contributed by atoms with Gasteiger partial charge >= 0.3 is 0 Å². The number of halogens is 1. The Morgan fingerprint density at radius 3 is 2.77 bits per heavy atom. The molecule has 6 rings (SSSR count). The molecule has 0 bridgehead atoms. The summed E-state index contributed by atoms with van der Waals surface area (Å²) in [4.78, 5) is 28.0. The number of H-pyrrole nitrogens is 1. The average Bonchev–Trinajstić information content (AvgIpc) is 3.24. The number of nitrogens with one attached hydrogen (secondary N) is 2. The summed E-state index contributed by atoms with van der Waals surface area (Å²) in [7, 11) is 0. The van der Waals surface area contributed by atoms with Gasteiger partial charge in [-0.25, -0.2) is 9.97 Å². The standard InChI is InChI=1S/C24H27BrN6O3S/c1-24(5-6-24)22(32)30-7-2-14(3-8-30)4-9-31-12-27-20(26)19-21(31)29-23(28-19)35-18-11-17-16(10-15(18)25)33-13-34-17/h10-12,14,26H,2-9,13H2,1H3,(H,28,29). The molecule has 0 spiro atoms. The van der Waals surface area contributed by atoms with Gasteiger partial charge in [0.2, 0.25) is 12.7 Å². The van der Waals surface area contributed by atoms with Gasteiger partial charge in [-0.3, -0.25) is 10.2 Å². The zero-order valence-electron chi connectivity index (χ0n) is 19.5. The number of carbonyl (C=O) groups is 1. The molecule has 2 fully saturated rings. The van der Waals surface area contributed by atoms with Gasteiger partial charge in [0.05, 0.1) is 6.33 Å². The third-order valence-electron chi connectivity index (χ3n) is 7.33. The predicted octanol–water partition coefficient (Wildman–Crippen LogP) is 4.31. The average molecular weight is 559 g/mol. The molecule has 3 aliphatic rings. The molecule has 1 amide bonds. The lowest BCUT2D eigenvalue weighted by Crippen LogP contribution is -2.42. The molecule has 0 atom stereocenters. The second kappa shape index (κ2) is 8.85. The molecule has 11 heteroatoms. The monoisotopic (exact) mass is 558 g/mol. The lowest BCUT2D eigenvalue weighted by Gasteiger charge is -2.33. The summed E-state index contributed by atoms with van der Waals surface area (Å²) in [6.07, 6.45) is 6.86. The maximum Gasteiger partial charge on any atom is 0.231 e. The zero-order valence-corrected chi connectivity index (χ0v) is 21.9. The topological polar surface area (TPSA) is 109 Å². The predicted molar refractivity (Wildman–Crippen MR) is 133 cm³/mol. The van der Waals surface area contributed by atoms with E-state index in [0.29, 0.717) is 28.2 Å². The smallest absolute Gasteiger partial charge is 0.231 e. The molecule has 0 unspecified atom stereocenters. The second-order valence-corrected chi connectivity index (χ2v) is 11.7. The minimum absolute atomic E-state index is 0.0795. The number of rotatable bonds is 6. The first-order valence-electron chi connectivity index (χ1n) is 12.0. The van der Waals surface area contributed by atoms with Crippen LogP contribution in [0.15, 0.2) is 33.0 Å². The largest absolute Gasteiger partial charge is 0.454 e. The summed E-state index contributed by atoms with van der Waals surface area (Å²) in [5.41, 5.74) is 1.47. The van der Waals surface area contributed by atoms with Crippen LogP contribution >= 0.6 is 27.7 Å². The lowest BCUT2D eigenvalue weighted by atomic mass is 9.92. The Bertz CT molecular complexity index is 1360. The number of imidazole rings is 1. The van der Waals surface area contributed by atoms with Gasteiger partial charge in [-0.15, -0.1) is 0 Å². The summed E-state index contributed by atoms with van der Waals surface area (Å²) in [5, 5.41) is 8.94. The van der Waals surface area contributed by atoms with E-state index in [4.69, 9.17) is 19.9 Å². The van der Waals surface area contributed by atoms with Crippen LogP contribution in [0.5, 0.6) is 11.5 Å². The summed E-state index contributed by atoms with van der Waals surface area (Å²) in [5.74, 6) is 2.35. The molecule has 184 valence electrons. The first kappa shape index (κ1) is 22.9. The molecule has 4 heterocycles. The third-order valence-corrected chi connectivity index (χ3v) is 9.19. The van der Waals surface area contributed by atoms with E-state index in [1.54, 1.807) is 6.33 Å². The zero-order chi connectivity index (χ0) is 24.2. The van der Waals surface area contributed by atoms with E-state index in [1.165, 1.54) is 11.8 Å². The molecule has 2 N–H and O–H groups in total. The number of carbonyl (C=O) groups excluding carboxylic acids is 1. The van der Waals surface area contributed by atoms with Crippen LogP contribution in [0.3, 0.4) is 0 Å². The van der Waals surface area contributed by atoms with Gasteiger partial charge in [0.1, 0.15) is 5.52 Å². The van der Waals surface area contributed by atoms with Gasteiger partial charge in [-0.2, -0.15) is 0 Å². The van der Waals surface area contributed by atoms with Crippen molar-refractivity contribution in [1.82, 2.24) is 24.4 Å². The number of aromatic nitrogens is 4. The van der Waals surface area contributed by atoms with E-state index in [0.717, 1.165) is 72.5 Å². The van der Waals surface area contributed by atoms with Crippen molar-refractivity contribution in [2.45, 2.75) is 55.6 Å². The number of ether oxygens (including phenoxy) is 2. The minimum atomic E-state index is -0.0795. The van der Waals surface area contributed by atoms with E-state index >= 15 is 0 Å². The van der Waals surface area contributed by atoms with Crippen LogP contribution in [0.4, 0.5) is 0 Å². The highest BCUT2D eigenvalue weighted by Gasteiger charge is 2.47. The van der Waals surface area contributed by atoms with Crippen molar-refractivity contribution in [2.24, 2.45) is 11.3 Å².